The van der Waals surface area contributed by atoms with Crippen molar-refractivity contribution in [3.63, 3.8) is 0 Å². The molecule has 0 spiro atoms. The average Bonchev–Trinajstić information content (AvgIpc) is 2.75. The van der Waals surface area contributed by atoms with Gasteiger partial charge in [-0.2, -0.15) is 5.10 Å². The van der Waals surface area contributed by atoms with Gasteiger partial charge in [-0.1, -0.05) is 0 Å². The van der Waals surface area contributed by atoms with E-state index in [2.05, 4.69) is 15.5 Å². The summed E-state index contributed by atoms with van der Waals surface area (Å²) in [7, 11) is 0. The van der Waals surface area contributed by atoms with Crippen LogP contribution in [0.2, 0.25) is 0 Å². The number of carbonyl (C=O) groups is 1. The summed E-state index contributed by atoms with van der Waals surface area (Å²) in [6, 6.07) is 0. The number of hydrogen-bond acceptors (Lipinski definition) is 4. The number of hydrogen-bond donors (Lipinski definition) is 2. The fourth-order valence-electron chi connectivity index (χ4n) is 2.22. The lowest BCUT2D eigenvalue weighted by atomic mass is 10.1. The molecule has 1 amide bonds. The fourth-order valence-corrected chi connectivity index (χ4v) is 2.22. The maximum Gasteiger partial charge on any atom is 0.289 e. The molecule has 1 aromatic rings. The molecule has 2 rings (SSSR count). The van der Waals surface area contributed by atoms with E-state index in [1.54, 1.807) is 6.92 Å². The molecule has 1 aliphatic heterocycles. The van der Waals surface area contributed by atoms with Crippen LogP contribution in [0.1, 0.15) is 30.3 Å². The largest absolute Gasteiger partial charge is 0.491 e. The molecule has 0 aliphatic carbocycles. The van der Waals surface area contributed by atoms with Crippen LogP contribution in [0.3, 0.4) is 0 Å². The van der Waals surface area contributed by atoms with E-state index >= 15 is 0 Å². The van der Waals surface area contributed by atoms with E-state index in [-0.39, 0.29) is 5.91 Å². The molecule has 0 saturated heterocycles. The van der Waals surface area contributed by atoms with Gasteiger partial charge in [-0.3, -0.25) is 9.89 Å². The number of ether oxygens (including phenoxy) is 2. The van der Waals surface area contributed by atoms with E-state index < -0.39 is 0 Å². The van der Waals surface area contributed by atoms with E-state index in [0.717, 1.165) is 24.2 Å². The van der Waals surface area contributed by atoms with Gasteiger partial charge in [0.05, 0.1) is 5.69 Å². The Morgan fingerprint density at radius 1 is 1.30 bits per heavy atom. The highest BCUT2D eigenvalue weighted by atomic mass is 16.6. The summed E-state index contributed by atoms with van der Waals surface area (Å²) in [6.07, 6.45) is 1.75. The van der Waals surface area contributed by atoms with E-state index in [4.69, 9.17) is 9.47 Å². The van der Waals surface area contributed by atoms with Crippen LogP contribution in [0.25, 0.3) is 0 Å². The summed E-state index contributed by atoms with van der Waals surface area (Å²) < 4.78 is 10.6. The van der Waals surface area contributed by atoms with Crippen LogP contribution in [0.4, 0.5) is 0 Å². The topological polar surface area (TPSA) is 76.2 Å². The summed E-state index contributed by atoms with van der Waals surface area (Å²) in [5.74, 6) is 0.644. The van der Waals surface area contributed by atoms with Crippen LogP contribution in [0, 0.1) is 13.8 Å². The predicted octanol–water partition coefficient (Wildman–Crippen LogP) is 1.35. The van der Waals surface area contributed by atoms with Crippen molar-refractivity contribution >= 4 is 5.91 Å². The molecule has 6 nitrogen and oxygen atoms in total. The van der Waals surface area contributed by atoms with Gasteiger partial charge in [0.25, 0.3) is 5.91 Å². The maximum atomic E-state index is 11.9. The first-order valence-electron chi connectivity index (χ1n) is 6.84. The van der Waals surface area contributed by atoms with Crippen molar-refractivity contribution < 1.29 is 14.3 Å². The predicted molar refractivity (Wildman–Crippen MR) is 74.0 cm³/mol. The van der Waals surface area contributed by atoms with E-state index in [1.165, 1.54) is 5.56 Å². The van der Waals surface area contributed by atoms with Crippen LogP contribution < -0.4 is 5.32 Å². The summed E-state index contributed by atoms with van der Waals surface area (Å²) in [5.41, 5.74) is 3.35. The van der Waals surface area contributed by atoms with Gasteiger partial charge in [-0.05, 0) is 39.2 Å². The molecule has 2 heterocycles. The van der Waals surface area contributed by atoms with E-state index in [0.29, 0.717) is 31.3 Å². The summed E-state index contributed by atoms with van der Waals surface area (Å²) >= 11 is 0. The fraction of sp³-hybridized carbons (Fsp3) is 0.571. The number of H-pyrrole nitrogens is 1. The van der Waals surface area contributed by atoms with Crippen LogP contribution >= 0.6 is 0 Å². The van der Waals surface area contributed by atoms with E-state index in [9.17, 15) is 4.79 Å². The molecule has 0 saturated carbocycles. The van der Waals surface area contributed by atoms with Gasteiger partial charge < -0.3 is 14.8 Å². The molecule has 0 unspecified atom stereocenters. The van der Waals surface area contributed by atoms with Crippen molar-refractivity contribution in [2.45, 2.75) is 33.6 Å². The highest BCUT2D eigenvalue weighted by Crippen LogP contribution is 2.13. The van der Waals surface area contributed by atoms with Crippen LogP contribution in [-0.2, 0) is 20.7 Å². The van der Waals surface area contributed by atoms with Crippen molar-refractivity contribution in [2.75, 3.05) is 19.8 Å². The second kappa shape index (κ2) is 6.45. The molecule has 110 valence electrons. The maximum absolute atomic E-state index is 11.9. The standard InChI is InChI=1S/C14H21N3O3/c1-9-12(10(2)17-16-9)5-4-6-15-14(18)13-11(3)19-7-8-20-13/h4-8H2,1-3H3,(H,15,18)(H,16,17). The third-order valence-electron chi connectivity index (χ3n) is 3.34. The smallest absolute Gasteiger partial charge is 0.289 e. The molecule has 0 radical (unpaired) electrons. The molecule has 0 fully saturated rings. The van der Waals surface area contributed by atoms with Crippen molar-refractivity contribution in [3.8, 4) is 0 Å². The number of aromatic nitrogens is 2. The number of amides is 1. The molecule has 0 bridgehead atoms. The van der Waals surface area contributed by atoms with Crippen LogP contribution in [-0.4, -0.2) is 35.9 Å². The Hall–Kier alpha value is -1.98. The first-order valence-corrected chi connectivity index (χ1v) is 6.84. The molecule has 6 heteroatoms. The Labute approximate surface area is 118 Å². The summed E-state index contributed by atoms with van der Waals surface area (Å²) in [5, 5.41) is 9.97. The molecular formula is C14H21N3O3. The van der Waals surface area contributed by atoms with Crippen molar-refractivity contribution in [1.82, 2.24) is 15.5 Å². The van der Waals surface area contributed by atoms with Gasteiger partial charge >= 0.3 is 0 Å². The second-order valence-electron chi connectivity index (χ2n) is 4.85. The molecule has 2 N–H and O–H groups in total. The molecular weight excluding hydrogens is 258 g/mol. The van der Waals surface area contributed by atoms with E-state index in [1.807, 2.05) is 13.8 Å². The van der Waals surface area contributed by atoms with Crippen molar-refractivity contribution in [3.05, 3.63) is 28.5 Å². The van der Waals surface area contributed by atoms with Crippen LogP contribution in [0.15, 0.2) is 11.5 Å². The zero-order chi connectivity index (χ0) is 14.5. The Morgan fingerprint density at radius 2 is 2.05 bits per heavy atom. The Kier molecular flexibility index (Phi) is 4.65. The normalized spacial score (nSPS) is 14.8. The number of nitrogens with zero attached hydrogens (tertiary/aromatic N) is 1. The average molecular weight is 279 g/mol. The molecule has 1 aliphatic rings. The minimum atomic E-state index is -0.206. The quantitative estimate of drug-likeness (QED) is 0.798. The lowest BCUT2D eigenvalue weighted by molar-refractivity contribution is -0.122. The zero-order valence-corrected chi connectivity index (χ0v) is 12.2. The molecule has 0 aromatic carbocycles. The Morgan fingerprint density at radius 3 is 2.70 bits per heavy atom. The third kappa shape index (κ3) is 3.31. The van der Waals surface area contributed by atoms with Crippen LogP contribution in [0.5, 0.6) is 0 Å². The number of allylic oxidation sites excluding steroid dienone is 1. The van der Waals surface area contributed by atoms with Gasteiger partial charge in [0.2, 0.25) is 5.76 Å². The summed E-state index contributed by atoms with van der Waals surface area (Å²) in [6.45, 7) is 7.26. The molecule has 20 heavy (non-hydrogen) atoms. The minimum Gasteiger partial charge on any atom is -0.491 e. The SMILES string of the molecule is CC1=C(C(=O)NCCCc2c(C)n[nH]c2C)OCCO1. The second-order valence-corrected chi connectivity index (χ2v) is 4.85. The zero-order valence-electron chi connectivity index (χ0n) is 12.2. The number of rotatable bonds is 5. The Bertz CT molecular complexity index is 500. The van der Waals surface area contributed by atoms with Gasteiger partial charge in [-0.25, -0.2) is 0 Å². The first-order chi connectivity index (χ1) is 9.59. The highest BCUT2D eigenvalue weighted by Gasteiger charge is 2.19. The molecule has 1 aromatic heterocycles. The van der Waals surface area contributed by atoms with Gasteiger partial charge in [-0.15, -0.1) is 0 Å². The highest BCUT2D eigenvalue weighted by molar-refractivity contribution is 5.91. The minimum absolute atomic E-state index is 0.206. The number of nitrogens with one attached hydrogen (secondary N) is 2. The summed E-state index contributed by atoms with van der Waals surface area (Å²) in [4.78, 5) is 11.9. The first kappa shape index (κ1) is 14.4. The lowest BCUT2D eigenvalue weighted by Gasteiger charge is -2.19. The Balaban J connectivity index is 1.77. The van der Waals surface area contributed by atoms with Gasteiger partial charge in [0.15, 0.2) is 0 Å². The monoisotopic (exact) mass is 279 g/mol. The third-order valence-corrected chi connectivity index (χ3v) is 3.34. The lowest BCUT2D eigenvalue weighted by Crippen LogP contribution is -2.30. The number of carbonyl (C=O) groups excluding carboxylic acids is 1. The molecule has 0 atom stereocenters. The van der Waals surface area contributed by atoms with Gasteiger partial charge in [0, 0.05) is 12.2 Å². The number of aromatic amines is 1. The van der Waals surface area contributed by atoms with Crippen molar-refractivity contribution in [2.24, 2.45) is 0 Å². The van der Waals surface area contributed by atoms with Crippen molar-refractivity contribution in [1.29, 1.82) is 0 Å². The van der Waals surface area contributed by atoms with Gasteiger partial charge in [0.1, 0.15) is 19.0 Å². The number of aryl methyl sites for hydroxylation is 2.